The van der Waals surface area contributed by atoms with Crippen molar-refractivity contribution in [1.29, 1.82) is 0 Å². The Hall–Kier alpha value is -0.460. The summed E-state index contributed by atoms with van der Waals surface area (Å²) >= 11 is 0. The first-order valence-corrected chi connectivity index (χ1v) is 4.06. The van der Waals surface area contributed by atoms with E-state index >= 15 is 0 Å². The van der Waals surface area contributed by atoms with Gasteiger partial charge in [0.1, 0.15) is 0 Å². The minimum absolute atomic E-state index is 0.693. The molecule has 0 aromatic rings. The molecule has 1 aliphatic heterocycles. The predicted octanol–water partition coefficient (Wildman–Crippen LogP) is 2.39. The van der Waals surface area contributed by atoms with Crippen LogP contribution in [0, 0.1) is 0 Å². The van der Waals surface area contributed by atoms with Gasteiger partial charge in [-0.2, -0.15) is 0 Å². The topological polar surface area (TPSA) is 3.24 Å². The van der Waals surface area contributed by atoms with Gasteiger partial charge in [0.25, 0.3) is 0 Å². The molecular weight excluding hydrogens is 122 g/mol. The van der Waals surface area contributed by atoms with Crippen LogP contribution in [0.1, 0.15) is 34.1 Å². The Bertz CT molecular complexity index is 152. The van der Waals surface area contributed by atoms with Crippen LogP contribution in [-0.2, 0) is 0 Å². The molecular formula is C9H17N. The van der Waals surface area contributed by atoms with Crippen LogP contribution in [0.15, 0.2) is 11.3 Å². The highest BCUT2D eigenvalue weighted by Gasteiger charge is 2.22. The molecule has 0 aliphatic carbocycles. The molecule has 1 heterocycles. The first kappa shape index (κ1) is 7.64. The lowest BCUT2D eigenvalue weighted by atomic mass is 10.0. The average molecular weight is 139 g/mol. The smallest absolute Gasteiger partial charge is 0.0232 e. The summed E-state index contributed by atoms with van der Waals surface area (Å²) in [6, 6.07) is 0.693. The fourth-order valence-electron chi connectivity index (χ4n) is 1.46. The van der Waals surface area contributed by atoms with Crippen LogP contribution in [-0.4, -0.2) is 17.5 Å². The van der Waals surface area contributed by atoms with E-state index in [1.54, 1.807) is 5.70 Å². The Labute approximate surface area is 63.7 Å². The Kier molecular flexibility index (Phi) is 2.02. The molecule has 0 unspecified atom stereocenters. The third-order valence-electron chi connectivity index (χ3n) is 2.14. The number of allylic oxidation sites excluding steroid dienone is 1. The standard InChI is InChI=1S/C9H17N/c1-7(2)9-5-6-10(9)8(3)4/h8H,5-6H2,1-4H3. The second kappa shape index (κ2) is 2.65. The van der Waals surface area contributed by atoms with Crippen molar-refractivity contribution < 1.29 is 0 Å². The Balaban J connectivity index is 2.60. The van der Waals surface area contributed by atoms with Crippen molar-refractivity contribution in [1.82, 2.24) is 4.90 Å². The maximum atomic E-state index is 2.47. The Morgan fingerprint density at radius 3 is 2.10 bits per heavy atom. The van der Waals surface area contributed by atoms with Crippen molar-refractivity contribution in [2.45, 2.75) is 40.2 Å². The minimum Gasteiger partial charge on any atom is -0.372 e. The maximum Gasteiger partial charge on any atom is 0.0232 e. The molecule has 58 valence electrons. The van der Waals surface area contributed by atoms with Gasteiger partial charge in [-0.3, -0.25) is 0 Å². The monoisotopic (exact) mass is 139 g/mol. The van der Waals surface area contributed by atoms with Crippen LogP contribution in [0.4, 0.5) is 0 Å². The van der Waals surface area contributed by atoms with Crippen molar-refractivity contribution in [3.05, 3.63) is 11.3 Å². The van der Waals surface area contributed by atoms with Gasteiger partial charge in [-0.1, -0.05) is 5.57 Å². The number of nitrogens with zero attached hydrogens (tertiary/aromatic N) is 1. The van der Waals surface area contributed by atoms with E-state index in [0.29, 0.717) is 6.04 Å². The second-order valence-electron chi connectivity index (χ2n) is 3.48. The lowest BCUT2D eigenvalue weighted by Gasteiger charge is -2.41. The number of hydrogen-bond donors (Lipinski definition) is 0. The van der Waals surface area contributed by atoms with Crippen molar-refractivity contribution >= 4 is 0 Å². The van der Waals surface area contributed by atoms with Gasteiger partial charge in [0.05, 0.1) is 0 Å². The summed E-state index contributed by atoms with van der Waals surface area (Å²) in [5.74, 6) is 0. The normalized spacial score (nSPS) is 17.7. The zero-order chi connectivity index (χ0) is 7.72. The molecule has 0 N–H and O–H groups in total. The number of rotatable bonds is 1. The highest BCUT2D eigenvalue weighted by molar-refractivity contribution is 5.16. The van der Waals surface area contributed by atoms with Crippen LogP contribution >= 0.6 is 0 Å². The minimum atomic E-state index is 0.693. The summed E-state index contributed by atoms with van der Waals surface area (Å²) in [6.45, 7) is 10.2. The van der Waals surface area contributed by atoms with Crippen molar-refractivity contribution in [2.24, 2.45) is 0 Å². The molecule has 1 fully saturated rings. The van der Waals surface area contributed by atoms with E-state index < -0.39 is 0 Å². The zero-order valence-corrected chi connectivity index (χ0v) is 7.44. The number of hydrogen-bond acceptors (Lipinski definition) is 1. The summed E-state index contributed by atoms with van der Waals surface area (Å²) in [6.07, 6.45) is 1.29. The van der Waals surface area contributed by atoms with Crippen molar-refractivity contribution in [2.75, 3.05) is 6.54 Å². The van der Waals surface area contributed by atoms with E-state index in [1.807, 2.05) is 0 Å². The van der Waals surface area contributed by atoms with Gasteiger partial charge < -0.3 is 4.90 Å². The van der Waals surface area contributed by atoms with Gasteiger partial charge >= 0.3 is 0 Å². The maximum absolute atomic E-state index is 2.47. The summed E-state index contributed by atoms with van der Waals surface area (Å²) in [7, 11) is 0. The van der Waals surface area contributed by atoms with Crippen LogP contribution in [0.3, 0.4) is 0 Å². The van der Waals surface area contributed by atoms with Crippen LogP contribution in [0.2, 0.25) is 0 Å². The number of likely N-dealkylation sites (tertiary alicyclic amines) is 1. The molecule has 0 bridgehead atoms. The fourth-order valence-corrected chi connectivity index (χ4v) is 1.46. The summed E-state index contributed by atoms with van der Waals surface area (Å²) in [5, 5.41) is 0. The van der Waals surface area contributed by atoms with E-state index in [4.69, 9.17) is 0 Å². The van der Waals surface area contributed by atoms with Gasteiger partial charge in [0, 0.05) is 24.7 Å². The lowest BCUT2D eigenvalue weighted by Crippen LogP contribution is -2.40. The molecule has 1 rings (SSSR count). The van der Waals surface area contributed by atoms with Crippen LogP contribution < -0.4 is 0 Å². The van der Waals surface area contributed by atoms with Crippen molar-refractivity contribution in [3.63, 3.8) is 0 Å². The molecule has 1 heteroatoms. The fraction of sp³-hybridized carbons (Fsp3) is 0.778. The average Bonchev–Trinajstić information content (AvgIpc) is 1.56. The molecule has 10 heavy (non-hydrogen) atoms. The predicted molar refractivity (Wildman–Crippen MR) is 44.8 cm³/mol. The van der Waals surface area contributed by atoms with Crippen molar-refractivity contribution in [3.8, 4) is 0 Å². The van der Waals surface area contributed by atoms with Gasteiger partial charge in [-0.05, 0) is 27.7 Å². The highest BCUT2D eigenvalue weighted by Crippen LogP contribution is 2.26. The zero-order valence-electron chi connectivity index (χ0n) is 7.44. The second-order valence-corrected chi connectivity index (χ2v) is 3.48. The molecule has 0 spiro atoms. The van der Waals surface area contributed by atoms with Gasteiger partial charge in [0.15, 0.2) is 0 Å². The van der Waals surface area contributed by atoms with Crippen LogP contribution in [0.25, 0.3) is 0 Å². The third kappa shape index (κ3) is 1.18. The summed E-state index contributed by atoms with van der Waals surface area (Å²) in [5.41, 5.74) is 3.05. The van der Waals surface area contributed by atoms with Gasteiger partial charge in [-0.25, -0.2) is 0 Å². The molecule has 1 saturated heterocycles. The quantitative estimate of drug-likeness (QED) is 0.539. The van der Waals surface area contributed by atoms with Gasteiger partial charge in [-0.15, -0.1) is 0 Å². The third-order valence-corrected chi connectivity index (χ3v) is 2.14. The molecule has 1 aliphatic rings. The molecule has 0 aromatic heterocycles. The summed E-state index contributed by atoms with van der Waals surface area (Å²) < 4.78 is 0. The molecule has 0 amide bonds. The molecule has 0 atom stereocenters. The first-order valence-electron chi connectivity index (χ1n) is 4.06. The molecule has 0 saturated carbocycles. The Morgan fingerprint density at radius 1 is 1.40 bits per heavy atom. The first-order chi connectivity index (χ1) is 4.63. The molecule has 0 aromatic carbocycles. The largest absolute Gasteiger partial charge is 0.372 e. The Morgan fingerprint density at radius 2 is 2.00 bits per heavy atom. The van der Waals surface area contributed by atoms with E-state index in [1.165, 1.54) is 18.5 Å². The van der Waals surface area contributed by atoms with Gasteiger partial charge in [0.2, 0.25) is 0 Å². The van der Waals surface area contributed by atoms with E-state index in [0.717, 1.165) is 0 Å². The van der Waals surface area contributed by atoms with E-state index in [-0.39, 0.29) is 0 Å². The molecule has 1 nitrogen and oxygen atoms in total. The highest BCUT2D eigenvalue weighted by atomic mass is 15.2. The lowest BCUT2D eigenvalue weighted by molar-refractivity contribution is 0.203. The SMILES string of the molecule is CC(C)=C1CCN1C(C)C. The van der Waals surface area contributed by atoms with E-state index in [2.05, 4.69) is 32.6 Å². The molecule has 0 radical (unpaired) electrons. The van der Waals surface area contributed by atoms with E-state index in [9.17, 15) is 0 Å². The summed E-state index contributed by atoms with van der Waals surface area (Å²) in [4.78, 5) is 2.47. The van der Waals surface area contributed by atoms with Crippen LogP contribution in [0.5, 0.6) is 0 Å².